The predicted molar refractivity (Wildman–Crippen MR) is 165 cm³/mol. The number of halogens is 1. The third kappa shape index (κ3) is 7.19. The molecule has 0 radical (unpaired) electrons. The Bertz CT molecular complexity index is 1670. The Hall–Kier alpha value is -3.37. The summed E-state index contributed by atoms with van der Waals surface area (Å²) in [5, 5.41) is 8.44. The van der Waals surface area contributed by atoms with Gasteiger partial charge in [-0.15, -0.1) is 23.1 Å². The summed E-state index contributed by atoms with van der Waals surface area (Å²) in [5.41, 5.74) is 2.83. The molecule has 0 spiro atoms. The monoisotopic (exact) mass is 591 g/mol. The van der Waals surface area contributed by atoms with E-state index in [1.807, 2.05) is 54.6 Å². The lowest BCUT2D eigenvalue weighted by Crippen LogP contribution is -2.18. The molecule has 0 atom stereocenters. The number of thiazole rings is 1. The van der Waals surface area contributed by atoms with Crippen molar-refractivity contribution < 1.29 is 14.4 Å². The third-order valence-corrected chi connectivity index (χ3v) is 9.02. The average molecular weight is 592 g/mol. The van der Waals surface area contributed by atoms with Crippen molar-refractivity contribution in [3.63, 3.8) is 0 Å². The maximum absolute atomic E-state index is 12.5. The molecule has 2 N–H and O–H groups in total. The zero-order chi connectivity index (χ0) is 27.2. The van der Waals surface area contributed by atoms with Crippen LogP contribution in [0.4, 0.5) is 11.4 Å². The number of nitrogens with zero attached hydrogens (tertiary/aromatic N) is 1. The van der Waals surface area contributed by atoms with Crippen LogP contribution in [0.15, 0.2) is 89.3 Å². The van der Waals surface area contributed by atoms with Gasteiger partial charge >= 0.3 is 0 Å². The molecular weight excluding hydrogens is 570 g/mol. The Kier molecular flexibility index (Phi) is 8.83. The zero-order valence-corrected chi connectivity index (χ0v) is 23.7. The highest BCUT2D eigenvalue weighted by Crippen LogP contribution is 2.32. The van der Waals surface area contributed by atoms with Crippen molar-refractivity contribution >= 4 is 96.4 Å². The lowest BCUT2D eigenvalue weighted by Gasteiger charge is -2.09. The Balaban J connectivity index is 1.10. The van der Waals surface area contributed by atoms with Crippen molar-refractivity contribution in [2.45, 2.75) is 4.34 Å². The number of fused-ring (bicyclic) bond motifs is 2. The molecule has 5 aromatic rings. The van der Waals surface area contributed by atoms with Crippen molar-refractivity contribution in [2.75, 3.05) is 27.9 Å². The number of hydrogen-bond acceptors (Lipinski definition) is 7. The summed E-state index contributed by atoms with van der Waals surface area (Å²) in [5.74, 6) is 0.250. The molecule has 196 valence electrons. The van der Waals surface area contributed by atoms with Crippen LogP contribution in [0.2, 0.25) is 5.02 Å². The minimum atomic E-state index is -0.190. The van der Waals surface area contributed by atoms with Gasteiger partial charge in [0.1, 0.15) is 0 Å². The van der Waals surface area contributed by atoms with Gasteiger partial charge < -0.3 is 10.6 Å². The SMILES string of the molecule is O=C(CSCC(=O)Nc1cccc2ccccc12)Nc1ccc2nc(SCC(=O)c3ccc(Cl)cc3)sc2c1. The standard InChI is InChI=1S/C29H22ClN3O3S3/c30-20-10-8-19(9-11-20)25(34)15-38-29-33-24-13-12-21(14-26(24)39-29)31-27(35)16-37-17-28(36)32-23-7-3-5-18-4-1-2-6-22(18)23/h1-14H,15-17H2,(H,31,35)(H,32,36). The number of Topliss-reactive ketones (excluding diaryl/α,β-unsaturated/α-hetero) is 1. The van der Waals surface area contributed by atoms with Crippen molar-refractivity contribution in [2.24, 2.45) is 0 Å². The number of thioether (sulfide) groups is 2. The number of rotatable bonds is 10. The van der Waals surface area contributed by atoms with Crippen LogP contribution in [-0.2, 0) is 9.59 Å². The first-order valence-corrected chi connectivity index (χ1v) is 15.3. The molecule has 0 unspecified atom stereocenters. The van der Waals surface area contributed by atoms with Gasteiger partial charge in [-0.1, -0.05) is 59.8 Å². The average Bonchev–Trinajstić information content (AvgIpc) is 3.34. The van der Waals surface area contributed by atoms with Crippen LogP contribution in [0.3, 0.4) is 0 Å². The molecule has 4 aromatic carbocycles. The first-order chi connectivity index (χ1) is 18.9. The Labute approximate surface area is 242 Å². The number of aromatic nitrogens is 1. The van der Waals surface area contributed by atoms with Crippen LogP contribution in [0.5, 0.6) is 0 Å². The molecule has 0 aliphatic rings. The van der Waals surface area contributed by atoms with Gasteiger partial charge in [0.25, 0.3) is 0 Å². The second-order valence-electron chi connectivity index (χ2n) is 8.50. The van der Waals surface area contributed by atoms with E-state index in [0.717, 1.165) is 31.0 Å². The number of nitrogens with one attached hydrogen (secondary N) is 2. The lowest BCUT2D eigenvalue weighted by atomic mass is 10.1. The van der Waals surface area contributed by atoms with Crippen LogP contribution < -0.4 is 10.6 Å². The van der Waals surface area contributed by atoms with Gasteiger partial charge in [-0.2, -0.15) is 0 Å². The molecule has 0 aliphatic carbocycles. The summed E-state index contributed by atoms with van der Waals surface area (Å²) < 4.78 is 1.69. The van der Waals surface area contributed by atoms with Gasteiger partial charge in [-0.25, -0.2) is 4.98 Å². The quantitative estimate of drug-likeness (QED) is 0.130. The van der Waals surface area contributed by atoms with Crippen LogP contribution in [0, 0.1) is 0 Å². The van der Waals surface area contributed by atoms with E-state index in [2.05, 4.69) is 15.6 Å². The Morgan fingerprint density at radius 2 is 1.56 bits per heavy atom. The third-order valence-electron chi connectivity index (χ3n) is 5.68. The predicted octanol–water partition coefficient (Wildman–Crippen LogP) is 7.39. The minimum Gasteiger partial charge on any atom is -0.325 e. The van der Waals surface area contributed by atoms with Crippen molar-refractivity contribution in [1.29, 1.82) is 0 Å². The fourth-order valence-corrected chi connectivity index (χ4v) is 6.59. The molecule has 0 fully saturated rings. The summed E-state index contributed by atoms with van der Waals surface area (Å²) >= 11 is 10.00. The molecule has 5 rings (SSSR count). The summed E-state index contributed by atoms with van der Waals surface area (Å²) in [6.45, 7) is 0. The van der Waals surface area contributed by atoms with Gasteiger partial charge in [0.05, 0.1) is 27.5 Å². The second-order valence-corrected chi connectivity index (χ2v) is 12.2. The topological polar surface area (TPSA) is 88.2 Å². The number of amides is 2. The second kappa shape index (κ2) is 12.7. The zero-order valence-electron chi connectivity index (χ0n) is 20.5. The molecule has 0 saturated carbocycles. The van der Waals surface area contributed by atoms with Gasteiger partial charge in [0.2, 0.25) is 11.8 Å². The Morgan fingerprint density at radius 1 is 0.821 bits per heavy atom. The maximum Gasteiger partial charge on any atom is 0.234 e. The van der Waals surface area contributed by atoms with E-state index in [4.69, 9.17) is 11.6 Å². The smallest absolute Gasteiger partial charge is 0.234 e. The molecule has 10 heteroatoms. The number of benzene rings is 4. The van der Waals surface area contributed by atoms with Crippen molar-refractivity contribution in [1.82, 2.24) is 4.98 Å². The minimum absolute atomic E-state index is 0.00664. The van der Waals surface area contributed by atoms with E-state index in [1.165, 1.54) is 34.9 Å². The van der Waals surface area contributed by atoms with Gasteiger partial charge in [-0.3, -0.25) is 14.4 Å². The largest absolute Gasteiger partial charge is 0.325 e. The Morgan fingerprint density at radius 3 is 2.38 bits per heavy atom. The molecule has 6 nitrogen and oxygen atoms in total. The normalized spacial score (nSPS) is 11.0. The van der Waals surface area contributed by atoms with E-state index in [-0.39, 0.29) is 34.9 Å². The molecule has 1 heterocycles. The lowest BCUT2D eigenvalue weighted by molar-refractivity contribution is -0.114. The number of anilines is 2. The highest BCUT2D eigenvalue weighted by atomic mass is 35.5. The van der Waals surface area contributed by atoms with Crippen LogP contribution >= 0.6 is 46.5 Å². The highest BCUT2D eigenvalue weighted by molar-refractivity contribution is 8.01. The number of ketones is 1. The molecule has 2 amide bonds. The molecule has 0 aliphatic heterocycles. The first kappa shape index (κ1) is 27.2. The highest BCUT2D eigenvalue weighted by Gasteiger charge is 2.12. The van der Waals surface area contributed by atoms with E-state index in [1.54, 1.807) is 30.3 Å². The summed E-state index contributed by atoms with van der Waals surface area (Å²) in [6.07, 6.45) is 0. The number of carbonyl (C=O) groups excluding carboxylic acids is 3. The van der Waals surface area contributed by atoms with Crippen LogP contribution in [0.25, 0.3) is 21.0 Å². The van der Waals surface area contributed by atoms with E-state index in [9.17, 15) is 14.4 Å². The summed E-state index contributed by atoms with van der Waals surface area (Å²) in [4.78, 5) is 41.9. The van der Waals surface area contributed by atoms with Crippen molar-refractivity contribution in [3.8, 4) is 0 Å². The molecule has 1 aromatic heterocycles. The molecule has 0 saturated heterocycles. The summed E-state index contributed by atoms with van der Waals surface area (Å²) in [6, 6.07) is 26.0. The van der Waals surface area contributed by atoms with Gasteiger partial charge in [0.15, 0.2) is 10.1 Å². The first-order valence-electron chi connectivity index (χ1n) is 11.9. The maximum atomic E-state index is 12.5. The molecular formula is C29H22ClN3O3S3. The molecule has 0 bridgehead atoms. The number of carbonyl (C=O) groups is 3. The van der Waals surface area contributed by atoms with Crippen LogP contribution in [0.1, 0.15) is 10.4 Å². The van der Waals surface area contributed by atoms with E-state index in [0.29, 0.717) is 16.3 Å². The molecule has 39 heavy (non-hydrogen) atoms. The number of hydrogen-bond donors (Lipinski definition) is 2. The fourth-order valence-electron chi connectivity index (χ4n) is 3.84. The van der Waals surface area contributed by atoms with E-state index < -0.39 is 0 Å². The van der Waals surface area contributed by atoms with Gasteiger partial charge in [0, 0.05) is 27.3 Å². The fraction of sp³-hybridized carbons (Fsp3) is 0.103. The van der Waals surface area contributed by atoms with Crippen molar-refractivity contribution in [3.05, 3.63) is 95.5 Å². The van der Waals surface area contributed by atoms with E-state index >= 15 is 0 Å². The summed E-state index contributed by atoms with van der Waals surface area (Å²) in [7, 11) is 0. The van der Waals surface area contributed by atoms with Gasteiger partial charge in [-0.05, 0) is 53.9 Å². The van der Waals surface area contributed by atoms with Crippen LogP contribution in [-0.4, -0.2) is 39.8 Å².